The molecule has 0 saturated carbocycles. The second-order valence-electron chi connectivity index (χ2n) is 5.93. The zero-order valence-electron chi connectivity index (χ0n) is 13.0. The molecule has 1 aliphatic rings. The molecule has 2 amide bonds. The largest absolute Gasteiger partial charge is 0.337 e. The Morgan fingerprint density at radius 2 is 1.81 bits per heavy atom. The highest BCUT2D eigenvalue weighted by atomic mass is 16.2. The summed E-state index contributed by atoms with van der Waals surface area (Å²) >= 11 is 0. The molecule has 0 unspecified atom stereocenters. The minimum atomic E-state index is -0.159. The van der Waals surface area contributed by atoms with E-state index in [0.29, 0.717) is 18.8 Å². The van der Waals surface area contributed by atoms with Gasteiger partial charge in [0.25, 0.3) is 5.91 Å². The van der Waals surface area contributed by atoms with E-state index in [1.54, 1.807) is 4.90 Å². The van der Waals surface area contributed by atoms with E-state index in [9.17, 15) is 9.59 Å². The lowest BCUT2D eigenvalue weighted by Gasteiger charge is -2.42. The topological polar surface area (TPSA) is 66.4 Å². The first kappa shape index (κ1) is 15.4. The highest BCUT2D eigenvalue weighted by Gasteiger charge is 2.39. The number of nitrogens with zero attached hydrogens (tertiary/aromatic N) is 4. The summed E-state index contributed by atoms with van der Waals surface area (Å²) in [6.07, 6.45) is 4.48. The predicted octanol–water partition coefficient (Wildman–Crippen LogP) is 1.19. The Labute approximate surface area is 125 Å². The van der Waals surface area contributed by atoms with E-state index in [4.69, 9.17) is 0 Å². The molecule has 0 N–H and O–H groups in total. The van der Waals surface area contributed by atoms with Crippen molar-refractivity contribution in [2.24, 2.45) is 5.92 Å². The first-order chi connectivity index (χ1) is 9.91. The third-order valence-corrected chi connectivity index (χ3v) is 3.67. The van der Waals surface area contributed by atoms with Crippen LogP contribution in [0.25, 0.3) is 0 Å². The van der Waals surface area contributed by atoms with Gasteiger partial charge in [0, 0.05) is 37.6 Å². The average Bonchev–Trinajstić information content (AvgIpc) is 2.36. The van der Waals surface area contributed by atoms with Gasteiger partial charge in [0.15, 0.2) is 0 Å². The van der Waals surface area contributed by atoms with E-state index >= 15 is 0 Å². The maximum Gasteiger partial charge on any atom is 0.274 e. The van der Waals surface area contributed by atoms with Gasteiger partial charge in [0.1, 0.15) is 5.69 Å². The van der Waals surface area contributed by atoms with Crippen molar-refractivity contribution in [3.8, 4) is 0 Å². The quantitative estimate of drug-likeness (QED) is 0.835. The van der Waals surface area contributed by atoms with E-state index in [1.165, 1.54) is 18.6 Å². The lowest BCUT2D eigenvalue weighted by Crippen LogP contribution is -2.58. The van der Waals surface area contributed by atoms with Crippen LogP contribution < -0.4 is 0 Å². The summed E-state index contributed by atoms with van der Waals surface area (Å²) in [5.41, 5.74) is 0.327. The van der Waals surface area contributed by atoms with Gasteiger partial charge in [-0.1, -0.05) is 0 Å². The van der Waals surface area contributed by atoms with Crippen LogP contribution in [0.1, 0.15) is 38.2 Å². The fourth-order valence-corrected chi connectivity index (χ4v) is 2.69. The average molecular weight is 290 g/mol. The highest BCUT2D eigenvalue weighted by Crippen LogP contribution is 2.22. The third kappa shape index (κ3) is 3.20. The van der Waals surface area contributed by atoms with Crippen LogP contribution in [-0.2, 0) is 4.79 Å². The lowest BCUT2D eigenvalue weighted by atomic mass is 9.96. The minimum Gasteiger partial charge on any atom is -0.337 e. The number of amides is 2. The van der Waals surface area contributed by atoms with Gasteiger partial charge in [-0.2, -0.15) is 0 Å². The molecule has 0 spiro atoms. The Morgan fingerprint density at radius 1 is 1.19 bits per heavy atom. The molecule has 0 radical (unpaired) electrons. The Morgan fingerprint density at radius 3 is 2.29 bits per heavy atom. The summed E-state index contributed by atoms with van der Waals surface area (Å²) < 4.78 is 0. The Kier molecular flexibility index (Phi) is 4.55. The number of likely N-dealkylation sites (tertiary alicyclic amines) is 1. The van der Waals surface area contributed by atoms with Crippen molar-refractivity contribution >= 4 is 11.8 Å². The molecule has 0 aromatic carbocycles. The molecule has 1 aromatic rings. The zero-order valence-corrected chi connectivity index (χ0v) is 13.0. The van der Waals surface area contributed by atoms with Crippen LogP contribution in [0.15, 0.2) is 18.6 Å². The van der Waals surface area contributed by atoms with E-state index in [0.717, 1.165) is 0 Å². The number of aromatic nitrogens is 2. The molecule has 21 heavy (non-hydrogen) atoms. The molecular weight excluding hydrogens is 268 g/mol. The van der Waals surface area contributed by atoms with Gasteiger partial charge >= 0.3 is 0 Å². The van der Waals surface area contributed by atoms with Gasteiger partial charge in [0.05, 0.1) is 12.1 Å². The molecule has 0 atom stereocenters. The number of carbonyl (C=O) groups is 2. The summed E-state index contributed by atoms with van der Waals surface area (Å²) in [6, 6.07) is 0.337. The maximum atomic E-state index is 12.5. The number of rotatable bonds is 4. The van der Waals surface area contributed by atoms with Crippen molar-refractivity contribution in [3.63, 3.8) is 0 Å². The second kappa shape index (κ2) is 6.20. The van der Waals surface area contributed by atoms with Crippen LogP contribution in [0.4, 0.5) is 0 Å². The first-order valence-electron chi connectivity index (χ1n) is 7.29. The SMILES string of the molecule is CC(C)N(C(=O)C1CN(C(=O)c2cnccn2)C1)C(C)C. The summed E-state index contributed by atoms with van der Waals surface area (Å²) in [7, 11) is 0. The van der Waals surface area contributed by atoms with Crippen molar-refractivity contribution in [2.45, 2.75) is 39.8 Å². The van der Waals surface area contributed by atoms with E-state index in [1.807, 2.05) is 32.6 Å². The van der Waals surface area contributed by atoms with Crippen molar-refractivity contribution < 1.29 is 9.59 Å². The maximum absolute atomic E-state index is 12.5. The number of carbonyl (C=O) groups excluding carboxylic acids is 2. The third-order valence-electron chi connectivity index (χ3n) is 3.67. The van der Waals surface area contributed by atoms with Gasteiger partial charge in [0.2, 0.25) is 5.91 Å². The van der Waals surface area contributed by atoms with Crippen LogP contribution in [0.5, 0.6) is 0 Å². The van der Waals surface area contributed by atoms with Gasteiger partial charge in [-0.05, 0) is 27.7 Å². The fraction of sp³-hybridized carbons (Fsp3) is 0.600. The van der Waals surface area contributed by atoms with Crippen molar-refractivity contribution in [2.75, 3.05) is 13.1 Å². The van der Waals surface area contributed by atoms with E-state index < -0.39 is 0 Å². The number of hydrogen-bond donors (Lipinski definition) is 0. The number of hydrogen-bond acceptors (Lipinski definition) is 4. The van der Waals surface area contributed by atoms with Gasteiger partial charge in [-0.25, -0.2) is 4.98 Å². The molecule has 2 heterocycles. The highest BCUT2D eigenvalue weighted by molar-refractivity contribution is 5.94. The van der Waals surface area contributed by atoms with Crippen LogP contribution in [0.3, 0.4) is 0 Å². The van der Waals surface area contributed by atoms with E-state index in [2.05, 4.69) is 9.97 Å². The monoisotopic (exact) mass is 290 g/mol. The Balaban J connectivity index is 1.94. The van der Waals surface area contributed by atoms with Crippen LogP contribution in [-0.4, -0.2) is 56.8 Å². The molecule has 1 aromatic heterocycles. The van der Waals surface area contributed by atoms with Crippen molar-refractivity contribution in [1.82, 2.24) is 19.8 Å². The van der Waals surface area contributed by atoms with Crippen LogP contribution >= 0.6 is 0 Å². The zero-order chi connectivity index (χ0) is 15.6. The summed E-state index contributed by atoms with van der Waals surface area (Å²) in [6.45, 7) is 8.98. The summed E-state index contributed by atoms with van der Waals surface area (Å²) in [5.74, 6) is -0.133. The minimum absolute atomic E-state index is 0.101. The van der Waals surface area contributed by atoms with Crippen LogP contribution in [0, 0.1) is 5.92 Å². The standard InChI is InChI=1S/C15H22N4O2/c1-10(2)19(11(3)4)14(20)12-8-18(9-12)15(21)13-7-16-5-6-17-13/h5-7,10-12H,8-9H2,1-4H3. The molecule has 1 fully saturated rings. The molecule has 6 nitrogen and oxygen atoms in total. The second-order valence-corrected chi connectivity index (χ2v) is 5.93. The molecule has 0 bridgehead atoms. The van der Waals surface area contributed by atoms with Crippen molar-refractivity contribution in [3.05, 3.63) is 24.3 Å². The predicted molar refractivity (Wildman–Crippen MR) is 78.5 cm³/mol. The molecule has 0 aliphatic carbocycles. The summed E-state index contributed by atoms with van der Waals surface area (Å²) in [4.78, 5) is 36.0. The van der Waals surface area contributed by atoms with E-state index in [-0.39, 0.29) is 29.8 Å². The molecule has 1 saturated heterocycles. The summed E-state index contributed by atoms with van der Waals surface area (Å²) in [5, 5.41) is 0. The molecule has 114 valence electrons. The molecular formula is C15H22N4O2. The van der Waals surface area contributed by atoms with Crippen LogP contribution in [0.2, 0.25) is 0 Å². The Bertz CT molecular complexity index is 502. The first-order valence-corrected chi connectivity index (χ1v) is 7.29. The fourth-order valence-electron chi connectivity index (χ4n) is 2.69. The smallest absolute Gasteiger partial charge is 0.274 e. The molecule has 6 heteroatoms. The molecule has 2 rings (SSSR count). The normalized spacial score (nSPS) is 15.2. The lowest BCUT2D eigenvalue weighted by molar-refractivity contribution is -0.143. The molecule has 1 aliphatic heterocycles. The van der Waals surface area contributed by atoms with Gasteiger partial charge in [-0.15, -0.1) is 0 Å². The van der Waals surface area contributed by atoms with Crippen molar-refractivity contribution in [1.29, 1.82) is 0 Å². The van der Waals surface area contributed by atoms with Gasteiger partial charge < -0.3 is 9.80 Å². The van der Waals surface area contributed by atoms with Gasteiger partial charge in [-0.3, -0.25) is 14.6 Å². The Hall–Kier alpha value is -1.98.